The Morgan fingerprint density at radius 3 is 0.800 bits per heavy atom. The van der Waals surface area contributed by atoms with Crippen molar-refractivity contribution in [1.29, 1.82) is 0 Å². The molecule has 0 radical (unpaired) electrons. The van der Waals surface area contributed by atoms with Gasteiger partial charge in [0.1, 0.15) is 0 Å². The topological polar surface area (TPSA) is 93.9 Å². The minimum absolute atomic E-state index is 0.364. The zero-order valence-corrected chi connectivity index (χ0v) is 19.8. The monoisotopic (exact) mass is 432 g/mol. The Morgan fingerprint density at radius 1 is 0.433 bits per heavy atom. The number of aliphatic hydroxyl groups is 4. The largest absolute Gasteiger partial charge is 0.392 e. The Morgan fingerprint density at radius 2 is 0.633 bits per heavy atom. The first-order chi connectivity index (χ1) is 14.2. The van der Waals surface area contributed by atoms with Crippen molar-refractivity contribution >= 4 is 0 Å². The van der Waals surface area contributed by atoms with Gasteiger partial charge in [0.2, 0.25) is 0 Å². The lowest BCUT2D eigenvalue weighted by molar-refractivity contribution is 0.0745. The van der Waals surface area contributed by atoms with E-state index in [4.69, 9.17) is 0 Å². The summed E-state index contributed by atoms with van der Waals surface area (Å²) in [5.41, 5.74) is 0. The average Bonchev–Trinajstić information content (AvgIpc) is 2.60. The van der Waals surface area contributed by atoms with E-state index in [2.05, 4.69) is 19.6 Å². The number of aliphatic hydroxyl groups excluding tert-OH is 4. The van der Waals surface area contributed by atoms with Crippen molar-refractivity contribution in [2.24, 2.45) is 0 Å². The van der Waals surface area contributed by atoms with Crippen molar-refractivity contribution in [1.82, 2.24) is 19.6 Å². The van der Waals surface area contributed by atoms with Crippen LogP contribution in [0.2, 0.25) is 0 Å². The van der Waals surface area contributed by atoms with E-state index < -0.39 is 0 Å². The summed E-state index contributed by atoms with van der Waals surface area (Å²) in [6.07, 6.45) is 0.500. The molecule has 0 saturated carbocycles. The van der Waals surface area contributed by atoms with Gasteiger partial charge in [0.25, 0.3) is 0 Å². The van der Waals surface area contributed by atoms with Crippen LogP contribution in [0.5, 0.6) is 0 Å². The van der Waals surface area contributed by atoms with Crippen LogP contribution in [-0.4, -0.2) is 143 Å². The van der Waals surface area contributed by atoms with Crippen LogP contribution in [0.1, 0.15) is 40.5 Å². The predicted molar refractivity (Wildman–Crippen MR) is 122 cm³/mol. The Balaban J connectivity index is 2.83. The summed E-state index contributed by atoms with van der Waals surface area (Å²) in [5.74, 6) is 0. The Kier molecular flexibility index (Phi) is 14.3. The van der Waals surface area contributed by atoms with E-state index in [1.165, 1.54) is 0 Å². The Labute approximate surface area is 184 Å². The molecular formula is C22H48N4O4. The van der Waals surface area contributed by atoms with Gasteiger partial charge in [0.15, 0.2) is 0 Å². The molecule has 0 spiro atoms. The van der Waals surface area contributed by atoms with Crippen LogP contribution in [0, 0.1) is 0 Å². The fraction of sp³-hybridized carbons (Fsp3) is 1.00. The maximum atomic E-state index is 9.89. The van der Waals surface area contributed by atoms with Crippen LogP contribution in [-0.2, 0) is 0 Å². The third-order valence-corrected chi connectivity index (χ3v) is 5.45. The molecule has 30 heavy (non-hydrogen) atoms. The van der Waals surface area contributed by atoms with Gasteiger partial charge in [0, 0.05) is 52.4 Å². The van der Waals surface area contributed by atoms with E-state index in [0.29, 0.717) is 26.2 Å². The van der Waals surface area contributed by atoms with Gasteiger partial charge in [-0.15, -0.1) is 0 Å². The molecule has 1 aliphatic rings. The minimum atomic E-state index is -0.364. The highest BCUT2D eigenvalue weighted by molar-refractivity contribution is 4.73. The average molecular weight is 433 g/mol. The molecule has 0 aliphatic carbocycles. The summed E-state index contributed by atoms with van der Waals surface area (Å²) in [7, 11) is 0. The Bertz CT molecular complexity index is 350. The summed E-state index contributed by atoms with van der Waals surface area (Å²) < 4.78 is 0. The lowest BCUT2D eigenvalue weighted by atomic mass is 10.2. The number of nitrogens with zero attached hydrogens (tertiary/aromatic N) is 4. The van der Waals surface area contributed by atoms with E-state index >= 15 is 0 Å². The first-order valence-corrected chi connectivity index (χ1v) is 11.8. The summed E-state index contributed by atoms with van der Waals surface area (Å²) in [4.78, 5) is 9.25. The van der Waals surface area contributed by atoms with Gasteiger partial charge in [-0.05, 0) is 66.7 Å². The molecule has 0 aromatic rings. The van der Waals surface area contributed by atoms with Crippen LogP contribution < -0.4 is 0 Å². The lowest BCUT2D eigenvalue weighted by Gasteiger charge is -2.33. The molecule has 8 nitrogen and oxygen atoms in total. The van der Waals surface area contributed by atoms with Crippen molar-refractivity contribution in [2.75, 3.05) is 78.5 Å². The fourth-order valence-corrected chi connectivity index (χ4v) is 4.27. The first-order valence-electron chi connectivity index (χ1n) is 11.8. The van der Waals surface area contributed by atoms with E-state index in [0.717, 1.165) is 65.2 Å². The van der Waals surface area contributed by atoms with Gasteiger partial charge in [0.05, 0.1) is 24.4 Å². The lowest BCUT2D eigenvalue weighted by Crippen LogP contribution is -2.45. The number of β-amino-alcohol motifs (C(OH)–C–C–N with tert-alkyl or cyclic N) is 4. The molecule has 180 valence electrons. The van der Waals surface area contributed by atoms with Crippen molar-refractivity contribution in [3.05, 3.63) is 0 Å². The normalized spacial score (nSPS) is 24.8. The molecule has 1 heterocycles. The molecule has 0 amide bonds. The second-order valence-electron chi connectivity index (χ2n) is 9.31. The van der Waals surface area contributed by atoms with E-state index in [-0.39, 0.29) is 24.4 Å². The third-order valence-electron chi connectivity index (χ3n) is 5.45. The second-order valence-corrected chi connectivity index (χ2v) is 9.31. The standard InChI is InChI=1S/C22H48N4O4/c1-19(27)15-23-7-5-8-25(17-21(3)29)13-14-26(18-22(4)30)10-6-9-24(12-11-23)16-20(2)28/h19-22,27-30H,5-18H2,1-4H3/t19-,20-,21-,22-/m0/s1. The Hall–Kier alpha value is -0.320. The molecule has 4 N–H and O–H groups in total. The molecule has 4 atom stereocenters. The van der Waals surface area contributed by atoms with Gasteiger partial charge in [-0.3, -0.25) is 19.6 Å². The zero-order chi connectivity index (χ0) is 22.5. The van der Waals surface area contributed by atoms with Gasteiger partial charge in [-0.25, -0.2) is 0 Å². The number of hydrogen-bond donors (Lipinski definition) is 4. The van der Waals surface area contributed by atoms with Gasteiger partial charge < -0.3 is 20.4 Å². The summed E-state index contributed by atoms with van der Waals surface area (Å²) in [6.45, 7) is 17.0. The predicted octanol–water partition coefficient (Wildman–Crippen LogP) is -0.489. The van der Waals surface area contributed by atoms with Gasteiger partial charge >= 0.3 is 0 Å². The molecule has 1 fully saturated rings. The van der Waals surface area contributed by atoms with E-state index in [1.807, 2.05) is 27.7 Å². The van der Waals surface area contributed by atoms with Crippen molar-refractivity contribution in [3.8, 4) is 0 Å². The van der Waals surface area contributed by atoms with Crippen LogP contribution in [0.15, 0.2) is 0 Å². The van der Waals surface area contributed by atoms with Crippen molar-refractivity contribution in [3.63, 3.8) is 0 Å². The summed E-state index contributed by atoms with van der Waals surface area (Å²) in [5, 5.41) is 39.6. The summed E-state index contributed by atoms with van der Waals surface area (Å²) in [6, 6.07) is 0. The van der Waals surface area contributed by atoms with Crippen LogP contribution in [0.25, 0.3) is 0 Å². The van der Waals surface area contributed by atoms with E-state index in [9.17, 15) is 20.4 Å². The SMILES string of the molecule is C[C@H](O)CN1CCCN(C[C@H](C)O)CCN(C[C@H](C)O)CCCN(C[C@H](C)O)CC1. The van der Waals surface area contributed by atoms with Crippen LogP contribution in [0.3, 0.4) is 0 Å². The third kappa shape index (κ3) is 13.9. The second kappa shape index (κ2) is 15.5. The molecule has 1 rings (SSSR count). The molecular weight excluding hydrogens is 384 g/mol. The molecule has 1 aliphatic heterocycles. The highest BCUT2D eigenvalue weighted by atomic mass is 16.3. The number of rotatable bonds is 8. The van der Waals surface area contributed by atoms with Crippen LogP contribution in [0.4, 0.5) is 0 Å². The smallest absolute Gasteiger partial charge is 0.0639 e. The van der Waals surface area contributed by atoms with Crippen LogP contribution >= 0.6 is 0 Å². The zero-order valence-electron chi connectivity index (χ0n) is 19.8. The molecule has 1 saturated heterocycles. The molecule has 8 heteroatoms. The molecule has 0 aromatic heterocycles. The number of hydrogen-bond acceptors (Lipinski definition) is 8. The van der Waals surface area contributed by atoms with Crippen molar-refractivity contribution in [2.45, 2.75) is 65.0 Å². The molecule has 0 unspecified atom stereocenters. The maximum absolute atomic E-state index is 9.89. The first kappa shape index (κ1) is 27.7. The van der Waals surface area contributed by atoms with Gasteiger partial charge in [-0.1, -0.05) is 0 Å². The fourth-order valence-electron chi connectivity index (χ4n) is 4.27. The summed E-state index contributed by atoms with van der Waals surface area (Å²) >= 11 is 0. The highest BCUT2D eigenvalue weighted by Crippen LogP contribution is 2.05. The maximum Gasteiger partial charge on any atom is 0.0639 e. The van der Waals surface area contributed by atoms with E-state index in [1.54, 1.807) is 0 Å². The highest BCUT2D eigenvalue weighted by Gasteiger charge is 2.17. The van der Waals surface area contributed by atoms with Crippen molar-refractivity contribution < 1.29 is 20.4 Å². The van der Waals surface area contributed by atoms with Gasteiger partial charge in [-0.2, -0.15) is 0 Å². The molecule has 0 bridgehead atoms. The quantitative estimate of drug-likeness (QED) is 0.408. The molecule has 0 aromatic carbocycles. The minimum Gasteiger partial charge on any atom is -0.392 e.